The predicted molar refractivity (Wildman–Crippen MR) is 154 cm³/mol. The second-order valence-corrected chi connectivity index (χ2v) is 10.2. The quantitative estimate of drug-likeness (QED) is 0.286. The number of carbonyl (C=O) groups excluding carboxylic acids is 2. The van der Waals surface area contributed by atoms with Gasteiger partial charge in [0, 0.05) is 18.7 Å². The Kier molecular flexibility index (Phi) is 9.36. The van der Waals surface area contributed by atoms with Crippen molar-refractivity contribution in [3.8, 4) is 11.8 Å². The largest absolute Gasteiger partial charge is 0.494 e. The highest BCUT2D eigenvalue weighted by Crippen LogP contribution is 2.41. The molecule has 1 aliphatic rings. The van der Waals surface area contributed by atoms with Gasteiger partial charge in [-0.25, -0.2) is 0 Å². The van der Waals surface area contributed by atoms with Crippen LogP contribution in [0.3, 0.4) is 0 Å². The van der Waals surface area contributed by atoms with Gasteiger partial charge in [-0.05, 0) is 62.8 Å². The highest BCUT2D eigenvalue weighted by atomic mass is 16.5. The van der Waals surface area contributed by atoms with Crippen LogP contribution < -0.4 is 4.74 Å². The van der Waals surface area contributed by atoms with Crippen LogP contribution in [0, 0.1) is 18.3 Å². The second kappa shape index (κ2) is 13.1. The molecule has 40 heavy (non-hydrogen) atoms. The molecule has 206 valence electrons. The minimum absolute atomic E-state index is 0.0542. The van der Waals surface area contributed by atoms with E-state index in [1.165, 1.54) is 0 Å². The summed E-state index contributed by atoms with van der Waals surface area (Å²) in [6.45, 7) is 5.69. The number of benzene rings is 3. The molecule has 0 spiro atoms. The van der Waals surface area contributed by atoms with E-state index in [2.05, 4.69) is 6.07 Å². The van der Waals surface area contributed by atoms with Gasteiger partial charge >= 0.3 is 0 Å². The Hall–Kier alpha value is -4.41. The van der Waals surface area contributed by atoms with E-state index in [-0.39, 0.29) is 24.1 Å². The lowest BCUT2D eigenvalue weighted by molar-refractivity contribution is -0.130. The van der Waals surface area contributed by atoms with Crippen molar-refractivity contribution in [1.82, 2.24) is 9.80 Å². The number of amides is 1. The van der Waals surface area contributed by atoms with E-state index in [4.69, 9.17) is 14.7 Å². The molecule has 1 atom stereocenters. The predicted octanol–water partition coefficient (Wildman–Crippen LogP) is 5.45. The average Bonchev–Trinajstić information content (AvgIpc) is 3.25. The summed E-state index contributed by atoms with van der Waals surface area (Å²) >= 11 is 0. The SMILES string of the molecule is CCCOc1cccc(C2C(C(=O)c3ccc(C)cc3)=C(OCc3ccc(C#N)cc3)C(=O)N2CCN(C)C)c1. The van der Waals surface area contributed by atoms with Gasteiger partial charge in [0.25, 0.3) is 5.91 Å². The van der Waals surface area contributed by atoms with E-state index in [9.17, 15) is 9.59 Å². The van der Waals surface area contributed by atoms with Crippen molar-refractivity contribution in [3.63, 3.8) is 0 Å². The van der Waals surface area contributed by atoms with E-state index >= 15 is 0 Å². The maximum atomic E-state index is 14.1. The molecule has 4 rings (SSSR count). The molecule has 0 N–H and O–H groups in total. The number of hydrogen-bond acceptors (Lipinski definition) is 6. The number of nitriles is 1. The van der Waals surface area contributed by atoms with Gasteiger partial charge in [0.2, 0.25) is 0 Å². The van der Waals surface area contributed by atoms with Crippen molar-refractivity contribution in [2.45, 2.75) is 32.9 Å². The summed E-state index contributed by atoms with van der Waals surface area (Å²) in [5.74, 6) is 0.170. The molecule has 1 unspecified atom stereocenters. The molecule has 0 saturated carbocycles. The third-order valence-electron chi connectivity index (χ3n) is 6.74. The molecular weight excluding hydrogens is 502 g/mol. The van der Waals surface area contributed by atoms with E-state index < -0.39 is 6.04 Å². The van der Waals surface area contributed by atoms with Gasteiger partial charge in [-0.2, -0.15) is 5.26 Å². The van der Waals surface area contributed by atoms with Crippen molar-refractivity contribution in [3.05, 3.63) is 112 Å². The van der Waals surface area contributed by atoms with Crippen LogP contribution in [0.25, 0.3) is 0 Å². The standard InChI is InChI=1S/C33H35N3O4/c1-5-19-39-28-8-6-7-27(20-28)30-29(31(37)26-15-9-23(2)10-16-26)32(33(38)36(30)18-17-35(3)4)40-22-25-13-11-24(21-34)12-14-25/h6-16,20,30H,5,17-19,22H2,1-4H3. The number of likely N-dealkylation sites (N-methyl/N-ethyl adjacent to an activating group) is 1. The van der Waals surface area contributed by atoms with E-state index in [1.54, 1.807) is 41.3 Å². The summed E-state index contributed by atoms with van der Waals surface area (Å²) in [4.78, 5) is 31.8. The van der Waals surface area contributed by atoms with Crippen LogP contribution in [0.4, 0.5) is 0 Å². The number of ketones is 1. The zero-order chi connectivity index (χ0) is 28.6. The van der Waals surface area contributed by atoms with Crippen LogP contribution in [0.1, 0.15) is 52.0 Å². The van der Waals surface area contributed by atoms with Crippen LogP contribution in [0.15, 0.2) is 84.1 Å². The third kappa shape index (κ3) is 6.59. The van der Waals surface area contributed by atoms with Gasteiger partial charge in [-0.1, -0.05) is 61.0 Å². The lowest BCUT2D eigenvalue weighted by Gasteiger charge is -2.28. The van der Waals surface area contributed by atoms with Crippen molar-refractivity contribution in [2.75, 3.05) is 33.8 Å². The molecule has 7 heteroatoms. The molecule has 3 aromatic carbocycles. The molecule has 0 aromatic heterocycles. The van der Waals surface area contributed by atoms with Crippen LogP contribution in [-0.4, -0.2) is 55.3 Å². The smallest absolute Gasteiger partial charge is 0.290 e. The van der Waals surface area contributed by atoms with E-state index in [0.717, 1.165) is 23.1 Å². The molecule has 0 fully saturated rings. The van der Waals surface area contributed by atoms with Crippen LogP contribution in [-0.2, 0) is 16.1 Å². The highest BCUT2D eigenvalue weighted by molar-refractivity contribution is 6.16. The van der Waals surface area contributed by atoms with Crippen molar-refractivity contribution < 1.29 is 19.1 Å². The molecule has 3 aromatic rings. The van der Waals surface area contributed by atoms with E-state index in [0.29, 0.717) is 42.1 Å². The summed E-state index contributed by atoms with van der Waals surface area (Å²) in [5, 5.41) is 9.12. The zero-order valence-electron chi connectivity index (χ0n) is 23.5. The van der Waals surface area contributed by atoms with Gasteiger partial charge in [0.15, 0.2) is 11.5 Å². The van der Waals surface area contributed by atoms with Crippen molar-refractivity contribution in [2.24, 2.45) is 0 Å². The molecule has 1 aliphatic heterocycles. The Morgan fingerprint density at radius 1 is 1.02 bits per heavy atom. The highest BCUT2D eigenvalue weighted by Gasteiger charge is 2.44. The van der Waals surface area contributed by atoms with Gasteiger partial charge in [-0.3, -0.25) is 9.59 Å². The number of hydrogen-bond donors (Lipinski definition) is 0. The number of Topliss-reactive ketones (excluding diaryl/α,β-unsaturated/α-hetero) is 1. The lowest BCUT2D eigenvalue weighted by Crippen LogP contribution is -2.36. The maximum absolute atomic E-state index is 14.1. The fourth-order valence-corrected chi connectivity index (χ4v) is 4.58. The van der Waals surface area contributed by atoms with Gasteiger partial charge < -0.3 is 19.3 Å². The lowest BCUT2D eigenvalue weighted by atomic mass is 9.92. The molecule has 0 radical (unpaired) electrons. The summed E-state index contributed by atoms with van der Waals surface area (Å²) in [6.07, 6.45) is 0.867. The number of ether oxygens (including phenoxy) is 2. The summed E-state index contributed by atoms with van der Waals surface area (Å²) in [6, 6.07) is 23.4. The Bertz CT molecular complexity index is 1420. The monoisotopic (exact) mass is 537 g/mol. The first-order chi connectivity index (χ1) is 19.3. The molecule has 1 amide bonds. The first kappa shape index (κ1) is 28.6. The van der Waals surface area contributed by atoms with Gasteiger partial charge in [0.05, 0.1) is 29.9 Å². The average molecular weight is 538 g/mol. The zero-order valence-corrected chi connectivity index (χ0v) is 23.5. The normalized spacial score (nSPS) is 14.9. The van der Waals surface area contributed by atoms with Gasteiger partial charge in [0.1, 0.15) is 12.4 Å². The molecule has 0 bridgehead atoms. The van der Waals surface area contributed by atoms with Crippen molar-refractivity contribution in [1.29, 1.82) is 5.26 Å². The topological polar surface area (TPSA) is 82.9 Å². The number of nitrogens with zero attached hydrogens (tertiary/aromatic N) is 3. The fourth-order valence-electron chi connectivity index (χ4n) is 4.58. The third-order valence-corrected chi connectivity index (χ3v) is 6.74. The number of aryl methyl sites for hydroxylation is 1. The molecule has 0 saturated heterocycles. The Morgan fingerprint density at radius 3 is 2.40 bits per heavy atom. The number of rotatable bonds is 12. The first-order valence-corrected chi connectivity index (χ1v) is 13.5. The Morgan fingerprint density at radius 2 is 1.75 bits per heavy atom. The minimum atomic E-state index is -0.637. The second-order valence-electron chi connectivity index (χ2n) is 10.2. The molecular formula is C33H35N3O4. The summed E-state index contributed by atoms with van der Waals surface area (Å²) in [5.41, 5.74) is 3.96. The first-order valence-electron chi connectivity index (χ1n) is 13.5. The van der Waals surface area contributed by atoms with Crippen LogP contribution in [0.5, 0.6) is 5.75 Å². The van der Waals surface area contributed by atoms with Crippen LogP contribution in [0.2, 0.25) is 0 Å². The maximum Gasteiger partial charge on any atom is 0.290 e. The fraction of sp³-hybridized carbons (Fsp3) is 0.303. The summed E-state index contributed by atoms with van der Waals surface area (Å²) < 4.78 is 12.1. The Balaban J connectivity index is 1.81. The molecule has 1 heterocycles. The van der Waals surface area contributed by atoms with E-state index in [1.807, 2.05) is 69.2 Å². The molecule has 0 aliphatic carbocycles. The Labute approximate surface area is 236 Å². The minimum Gasteiger partial charge on any atom is -0.494 e. The summed E-state index contributed by atoms with van der Waals surface area (Å²) in [7, 11) is 3.89. The van der Waals surface area contributed by atoms with Crippen molar-refractivity contribution >= 4 is 11.7 Å². The number of carbonyl (C=O) groups is 2. The van der Waals surface area contributed by atoms with Gasteiger partial charge in [-0.15, -0.1) is 0 Å². The van der Waals surface area contributed by atoms with Crippen LogP contribution >= 0.6 is 0 Å². The molecule has 7 nitrogen and oxygen atoms in total.